The average molecular weight is 391 g/mol. The number of aliphatic imine (C=N–C) groups is 1. The SMILES string of the molecule is CCNC(=NCc1ccc(CN(CC)CC)cc1)NCC(CCO)CC(C)C. The topological polar surface area (TPSA) is 59.9 Å². The van der Waals surface area contributed by atoms with E-state index in [1.54, 1.807) is 0 Å². The van der Waals surface area contributed by atoms with E-state index in [0.29, 0.717) is 18.4 Å². The number of rotatable bonds is 13. The molecule has 1 aromatic rings. The molecular formula is C23H42N4O. The molecule has 0 saturated carbocycles. The van der Waals surface area contributed by atoms with Gasteiger partial charge in [0.1, 0.15) is 0 Å². The lowest BCUT2D eigenvalue weighted by Gasteiger charge is -2.20. The van der Waals surface area contributed by atoms with Gasteiger partial charge in [-0.3, -0.25) is 4.90 Å². The molecule has 0 bridgehead atoms. The Balaban J connectivity index is 2.63. The van der Waals surface area contributed by atoms with Crippen molar-refractivity contribution >= 4 is 5.96 Å². The summed E-state index contributed by atoms with van der Waals surface area (Å²) in [5.41, 5.74) is 2.57. The van der Waals surface area contributed by atoms with Crippen LogP contribution >= 0.6 is 0 Å². The second-order valence-electron chi connectivity index (χ2n) is 7.86. The Morgan fingerprint density at radius 1 is 1.04 bits per heavy atom. The fourth-order valence-electron chi connectivity index (χ4n) is 3.36. The second kappa shape index (κ2) is 14.4. The molecule has 0 heterocycles. The van der Waals surface area contributed by atoms with Crippen LogP contribution in [0, 0.1) is 11.8 Å². The van der Waals surface area contributed by atoms with Crippen LogP contribution in [-0.2, 0) is 13.1 Å². The maximum atomic E-state index is 9.30. The lowest BCUT2D eigenvalue weighted by Crippen LogP contribution is -2.40. The summed E-state index contributed by atoms with van der Waals surface area (Å²) in [7, 11) is 0. The zero-order valence-corrected chi connectivity index (χ0v) is 18.7. The van der Waals surface area contributed by atoms with E-state index < -0.39 is 0 Å². The van der Waals surface area contributed by atoms with Gasteiger partial charge in [-0.2, -0.15) is 0 Å². The Bertz CT molecular complexity index is 538. The largest absolute Gasteiger partial charge is 0.396 e. The van der Waals surface area contributed by atoms with Crippen LogP contribution in [0.1, 0.15) is 58.6 Å². The van der Waals surface area contributed by atoms with Crippen LogP contribution in [-0.4, -0.2) is 48.8 Å². The van der Waals surface area contributed by atoms with Crippen molar-refractivity contribution in [2.24, 2.45) is 16.8 Å². The third kappa shape index (κ3) is 10.1. The first-order valence-corrected chi connectivity index (χ1v) is 10.9. The van der Waals surface area contributed by atoms with Crippen LogP contribution in [0.3, 0.4) is 0 Å². The van der Waals surface area contributed by atoms with E-state index in [-0.39, 0.29) is 6.61 Å². The molecule has 0 aromatic heterocycles. The molecule has 0 saturated heterocycles. The predicted molar refractivity (Wildman–Crippen MR) is 121 cm³/mol. The predicted octanol–water partition coefficient (Wildman–Crippen LogP) is 3.63. The third-order valence-corrected chi connectivity index (χ3v) is 4.99. The van der Waals surface area contributed by atoms with E-state index in [1.165, 1.54) is 11.1 Å². The van der Waals surface area contributed by atoms with Crippen LogP contribution in [0.15, 0.2) is 29.3 Å². The molecule has 1 unspecified atom stereocenters. The van der Waals surface area contributed by atoms with Crippen LogP contribution in [0.5, 0.6) is 0 Å². The summed E-state index contributed by atoms with van der Waals surface area (Å²) < 4.78 is 0. The van der Waals surface area contributed by atoms with Gasteiger partial charge in [-0.05, 0) is 55.8 Å². The highest BCUT2D eigenvalue weighted by molar-refractivity contribution is 5.79. The molecule has 0 aliphatic carbocycles. The highest BCUT2D eigenvalue weighted by Crippen LogP contribution is 2.14. The van der Waals surface area contributed by atoms with Crippen molar-refractivity contribution in [1.82, 2.24) is 15.5 Å². The number of guanidine groups is 1. The monoisotopic (exact) mass is 390 g/mol. The fraction of sp³-hybridized carbons (Fsp3) is 0.696. The van der Waals surface area contributed by atoms with Gasteiger partial charge in [0.15, 0.2) is 5.96 Å². The van der Waals surface area contributed by atoms with E-state index in [4.69, 9.17) is 4.99 Å². The van der Waals surface area contributed by atoms with E-state index in [2.05, 4.69) is 74.4 Å². The van der Waals surface area contributed by atoms with Gasteiger partial charge in [0.2, 0.25) is 0 Å². The zero-order valence-electron chi connectivity index (χ0n) is 18.7. The minimum atomic E-state index is 0.243. The lowest BCUT2D eigenvalue weighted by molar-refractivity contribution is 0.243. The number of aliphatic hydroxyl groups excluding tert-OH is 1. The number of nitrogens with zero attached hydrogens (tertiary/aromatic N) is 2. The molecule has 1 aromatic carbocycles. The summed E-state index contributed by atoms with van der Waals surface area (Å²) in [5.74, 6) is 1.95. The Morgan fingerprint density at radius 2 is 1.68 bits per heavy atom. The Kier molecular flexibility index (Phi) is 12.6. The van der Waals surface area contributed by atoms with Gasteiger partial charge in [0, 0.05) is 26.2 Å². The van der Waals surface area contributed by atoms with Crippen LogP contribution in [0.4, 0.5) is 0 Å². The van der Waals surface area contributed by atoms with Gasteiger partial charge in [0.05, 0.1) is 6.54 Å². The third-order valence-electron chi connectivity index (χ3n) is 4.99. The van der Waals surface area contributed by atoms with E-state index >= 15 is 0 Å². The first-order chi connectivity index (χ1) is 13.5. The number of hydrogen-bond acceptors (Lipinski definition) is 3. The number of nitrogens with one attached hydrogen (secondary N) is 2. The molecule has 0 fully saturated rings. The average Bonchev–Trinajstić information content (AvgIpc) is 2.68. The van der Waals surface area contributed by atoms with Crippen molar-refractivity contribution in [1.29, 1.82) is 0 Å². The molecule has 0 spiro atoms. The highest BCUT2D eigenvalue weighted by atomic mass is 16.3. The molecule has 0 aliphatic rings. The summed E-state index contributed by atoms with van der Waals surface area (Å²) in [6, 6.07) is 8.78. The quantitative estimate of drug-likeness (QED) is 0.356. The van der Waals surface area contributed by atoms with Gasteiger partial charge in [-0.25, -0.2) is 4.99 Å². The molecule has 0 amide bonds. The summed E-state index contributed by atoms with van der Waals surface area (Å²) >= 11 is 0. The maximum Gasteiger partial charge on any atom is 0.191 e. The number of benzene rings is 1. The molecule has 28 heavy (non-hydrogen) atoms. The van der Waals surface area contributed by atoms with Crippen molar-refractivity contribution in [3.63, 3.8) is 0 Å². The van der Waals surface area contributed by atoms with Crippen LogP contribution < -0.4 is 10.6 Å². The Labute approximate surface area is 172 Å². The minimum Gasteiger partial charge on any atom is -0.396 e. The molecule has 5 nitrogen and oxygen atoms in total. The van der Waals surface area contributed by atoms with Gasteiger partial charge >= 0.3 is 0 Å². The van der Waals surface area contributed by atoms with Crippen molar-refractivity contribution in [3.8, 4) is 0 Å². The van der Waals surface area contributed by atoms with Crippen molar-refractivity contribution < 1.29 is 5.11 Å². The minimum absolute atomic E-state index is 0.243. The van der Waals surface area contributed by atoms with E-state index in [1.807, 2.05) is 0 Å². The maximum absolute atomic E-state index is 9.30. The fourth-order valence-corrected chi connectivity index (χ4v) is 3.36. The molecule has 1 rings (SSSR count). The van der Waals surface area contributed by atoms with Gasteiger partial charge in [-0.1, -0.05) is 52.0 Å². The first kappa shape index (κ1) is 24.4. The molecule has 0 aliphatic heterocycles. The molecule has 160 valence electrons. The Morgan fingerprint density at radius 3 is 2.21 bits per heavy atom. The molecule has 1 atom stereocenters. The van der Waals surface area contributed by atoms with Crippen molar-refractivity contribution in [2.45, 2.75) is 60.5 Å². The van der Waals surface area contributed by atoms with Gasteiger partial charge in [0.25, 0.3) is 0 Å². The second-order valence-corrected chi connectivity index (χ2v) is 7.86. The molecule has 3 N–H and O–H groups in total. The number of hydrogen-bond donors (Lipinski definition) is 3. The Hall–Kier alpha value is -1.59. The zero-order chi connectivity index (χ0) is 20.8. The normalized spacial score (nSPS) is 13.2. The molecule has 0 radical (unpaired) electrons. The van der Waals surface area contributed by atoms with E-state index in [0.717, 1.165) is 51.5 Å². The summed E-state index contributed by atoms with van der Waals surface area (Å²) in [6.07, 6.45) is 1.94. The molecule has 5 heteroatoms. The van der Waals surface area contributed by atoms with Gasteiger partial charge in [-0.15, -0.1) is 0 Å². The standard InChI is InChI=1S/C23H42N4O/c1-6-24-23(26-17-22(13-14-28)15-19(4)5)25-16-20-9-11-21(12-10-20)18-27(7-2)8-3/h9-12,19,22,28H,6-8,13-18H2,1-5H3,(H2,24,25,26). The lowest BCUT2D eigenvalue weighted by atomic mass is 9.94. The molecular weight excluding hydrogens is 348 g/mol. The van der Waals surface area contributed by atoms with Crippen LogP contribution in [0.25, 0.3) is 0 Å². The van der Waals surface area contributed by atoms with E-state index in [9.17, 15) is 5.11 Å². The highest BCUT2D eigenvalue weighted by Gasteiger charge is 2.11. The summed E-state index contributed by atoms with van der Waals surface area (Å²) in [5, 5.41) is 16.1. The number of aliphatic hydroxyl groups is 1. The van der Waals surface area contributed by atoms with Crippen molar-refractivity contribution in [3.05, 3.63) is 35.4 Å². The van der Waals surface area contributed by atoms with Crippen LogP contribution in [0.2, 0.25) is 0 Å². The first-order valence-electron chi connectivity index (χ1n) is 10.9. The van der Waals surface area contributed by atoms with Crippen molar-refractivity contribution in [2.75, 3.05) is 32.8 Å². The van der Waals surface area contributed by atoms with Gasteiger partial charge < -0.3 is 15.7 Å². The summed E-state index contributed by atoms with van der Waals surface area (Å²) in [6.45, 7) is 16.7. The summed E-state index contributed by atoms with van der Waals surface area (Å²) in [4.78, 5) is 7.16. The smallest absolute Gasteiger partial charge is 0.191 e.